The predicted octanol–water partition coefficient (Wildman–Crippen LogP) is 2.43. The van der Waals surface area contributed by atoms with Gasteiger partial charge in [0.2, 0.25) is 5.91 Å². The molecule has 0 saturated heterocycles. The summed E-state index contributed by atoms with van der Waals surface area (Å²) in [6.07, 6.45) is 6.07. The number of rotatable bonds is 3. The van der Waals surface area contributed by atoms with E-state index in [1.807, 2.05) is 48.2 Å². The molecule has 0 spiro atoms. The quantitative estimate of drug-likeness (QED) is 0.903. The molecule has 3 heteroatoms. The number of carbonyl (C=O) groups is 1. The van der Waals surface area contributed by atoms with E-state index in [9.17, 15) is 9.90 Å². The molecule has 0 bridgehead atoms. The van der Waals surface area contributed by atoms with Crippen molar-refractivity contribution >= 4 is 5.91 Å². The maximum Gasteiger partial charge on any atom is 0.247 e. The molecule has 1 amide bonds. The molecule has 0 radical (unpaired) electrons. The third-order valence-corrected chi connectivity index (χ3v) is 4.44. The summed E-state index contributed by atoms with van der Waals surface area (Å²) in [5.41, 5.74) is 0.388. The lowest BCUT2D eigenvalue weighted by Gasteiger charge is -2.46. The van der Waals surface area contributed by atoms with E-state index in [0.717, 1.165) is 24.8 Å². The molecule has 1 heterocycles. The van der Waals surface area contributed by atoms with Gasteiger partial charge in [-0.2, -0.15) is 0 Å². The first kappa shape index (κ1) is 12.4. The van der Waals surface area contributed by atoms with Crippen LogP contribution in [0, 0.1) is 0 Å². The third-order valence-electron chi connectivity index (χ3n) is 4.44. The standard InChI is InChI=1S/C16H19NO2/c1-12(13-6-3-2-4-7-13)17-14(8-9-15(17)18)16(19)10-5-11-16/h2-4,6-9,12,14,19H,5,10-11H2,1H3. The van der Waals surface area contributed by atoms with Gasteiger partial charge in [-0.25, -0.2) is 0 Å². The molecule has 1 aromatic carbocycles. The average molecular weight is 257 g/mol. The van der Waals surface area contributed by atoms with Crippen LogP contribution < -0.4 is 0 Å². The van der Waals surface area contributed by atoms with Crippen LogP contribution >= 0.6 is 0 Å². The minimum Gasteiger partial charge on any atom is -0.387 e. The Morgan fingerprint density at radius 3 is 2.58 bits per heavy atom. The normalized spacial score (nSPS) is 26.3. The van der Waals surface area contributed by atoms with Crippen LogP contribution in [0.5, 0.6) is 0 Å². The van der Waals surface area contributed by atoms with Gasteiger partial charge in [-0.1, -0.05) is 36.4 Å². The largest absolute Gasteiger partial charge is 0.387 e. The van der Waals surface area contributed by atoms with Crippen molar-refractivity contribution in [3.63, 3.8) is 0 Å². The number of nitrogens with zero attached hydrogens (tertiary/aromatic N) is 1. The summed E-state index contributed by atoms with van der Waals surface area (Å²) in [7, 11) is 0. The summed E-state index contributed by atoms with van der Waals surface area (Å²) in [5.74, 6) is 0.00155. The van der Waals surface area contributed by atoms with Crippen LogP contribution in [0.3, 0.4) is 0 Å². The zero-order valence-corrected chi connectivity index (χ0v) is 11.1. The first-order valence-corrected chi connectivity index (χ1v) is 6.90. The minimum absolute atomic E-state index is 0.00155. The molecule has 1 aliphatic heterocycles. The highest BCUT2D eigenvalue weighted by Gasteiger charge is 2.48. The monoisotopic (exact) mass is 257 g/mol. The number of hydrogen-bond donors (Lipinski definition) is 1. The summed E-state index contributed by atoms with van der Waals surface area (Å²) in [6, 6.07) is 9.79. The van der Waals surface area contributed by atoms with Gasteiger partial charge in [0.15, 0.2) is 0 Å². The van der Waals surface area contributed by atoms with Gasteiger partial charge < -0.3 is 10.0 Å². The van der Waals surface area contributed by atoms with E-state index >= 15 is 0 Å². The maximum atomic E-state index is 12.1. The van der Waals surface area contributed by atoms with E-state index in [-0.39, 0.29) is 18.0 Å². The zero-order valence-electron chi connectivity index (χ0n) is 11.1. The van der Waals surface area contributed by atoms with Crippen molar-refractivity contribution in [3.8, 4) is 0 Å². The first-order valence-electron chi connectivity index (χ1n) is 6.90. The SMILES string of the molecule is CC(c1ccccc1)N1C(=O)C=CC1C1(O)CCC1. The third kappa shape index (κ3) is 1.98. The molecule has 1 aliphatic carbocycles. The molecule has 1 N–H and O–H groups in total. The van der Waals surface area contributed by atoms with Crippen molar-refractivity contribution in [1.82, 2.24) is 4.90 Å². The van der Waals surface area contributed by atoms with Crippen LogP contribution in [-0.2, 0) is 4.79 Å². The fourth-order valence-corrected chi connectivity index (χ4v) is 3.09. The number of hydrogen-bond acceptors (Lipinski definition) is 2. The summed E-state index contributed by atoms with van der Waals surface area (Å²) >= 11 is 0. The van der Waals surface area contributed by atoms with Crippen molar-refractivity contribution < 1.29 is 9.90 Å². The lowest BCUT2D eigenvalue weighted by Crippen LogP contribution is -2.55. The van der Waals surface area contributed by atoms with E-state index in [2.05, 4.69) is 0 Å². The molecule has 3 nitrogen and oxygen atoms in total. The van der Waals surface area contributed by atoms with Crippen LogP contribution in [0.1, 0.15) is 37.8 Å². The van der Waals surface area contributed by atoms with Gasteiger partial charge in [-0.3, -0.25) is 4.79 Å². The van der Waals surface area contributed by atoms with Crippen LogP contribution in [-0.4, -0.2) is 27.6 Å². The maximum absolute atomic E-state index is 12.1. The van der Waals surface area contributed by atoms with Gasteiger partial charge in [-0.05, 0) is 31.7 Å². The molecule has 2 aliphatic rings. The van der Waals surface area contributed by atoms with Crippen molar-refractivity contribution in [3.05, 3.63) is 48.0 Å². The van der Waals surface area contributed by atoms with Crippen molar-refractivity contribution in [1.29, 1.82) is 0 Å². The molecule has 1 aromatic rings. The molecular formula is C16H19NO2. The fourth-order valence-electron chi connectivity index (χ4n) is 3.09. The highest BCUT2D eigenvalue weighted by Crippen LogP contribution is 2.42. The van der Waals surface area contributed by atoms with Gasteiger partial charge in [0.25, 0.3) is 0 Å². The Bertz CT molecular complexity index is 505. The second-order valence-electron chi connectivity index (χ2n) is 5.59. The van der Waals surface area contributed by atoms with Crippen molar-refractivity contribution in [2.45, 2.75) is 43.9 Å². The molecule has 3 rings (SSSR count). The predicted molar refractivity (Wildman–Crippen MR) is 73.4 cm³/mol. The van der Waals surface area contributed by atoms with E-state index in [0.29, 0.717) is 0 Å². The van der Waals surface area contributed by atoms with Gasteiger partial charge in [0.05, 0.1) is 17.7 Å². The summed E-state index contributed by atoms with van der Waals surface area (Å²) < 4.78 is 0. The number of aliphatic hydroxyl groups is 1. The Labute approximate surface area is 113 Å². The number of carbonyl (C=O) groups excluding carboxylic acids is 1. The first-order chi connectivity index (χ1) is 9.12. The van der Waals surface area contributed by atoms with E-state index in [1.54, 1.807) is 6.08 Å². The van der Waals surface area contributed by atoms with Gasteiger partial charge in [0.1, 0.15) is 0 Å². The molecule has 100 valence electrons. The Morgan fingerprint density at radius 1 is 1.32 bits per heavy atom. The van der Waals surface area contributed by atoms with Crippen molar-refractivity contribution in [2.75, 3.05) is 0 Å². The van der Waals surface area contributed by atoms with Crippen molar-refractivity contribution in [2.24, 2.45) is 0 Å². The van der Waals surface area contributed by atoms with Gasteiger partial charge in [-0.15, -0.1) is 0 Å². The molecule has 19 heavy (non-hydrogen) atoms. The summed E-state index contributed by atoms with van der Waals surface area (Å²) in [5, 5.41) is 10.5. The minimum atomic E-state index is -0.717. The topological polar surface area (TPSA) is 40.5 Å². The molecular weight excluding hydrogens is 238 g/mol. The van der Waals surface area contributed by atoms with Crippen LogP contribution in [0.25, 0.3) is 0 Å². The highest BCUT2D eigenvalue weighted by atomic mass is 16.3. The van der Waals surface area contributed by atoms with E-state index < -0.39 is 5.60 Å². The molecule has 1 saturated carbocycles. The van der Waals surface area contributed by atoms with E-state index in [1.165, 1.54) is 0 Å². The lowest BCUT2D eigenvalue weighted by molar-refractivity contribution is -0.140. The van der Waals surface area contributed by atoms with Gasteiger partial charge in [0, 0.05) is 6.08 Å². The molecule has 2 atom stereocenters. The Kier molecular flexibility index (Phi) is 2.94. The average Bonchev–Trinajstić information content (AvgIpc) is 2.78. The summed E-state index contributed by atoms with van der Waals surface area (Å²) in [6.45, 7) is 2.02. The Hall–Kier alpha value is -1.61. The van der Waals surface area contributed by atoms with Crippen LogP contribution in [0.2, 0.25) is 0 Å². The molecule has 1 fully saturated rings. The number of amides is 1. The van der Waals surface area contributed by atoms with Crippen LogP contribution in [0.15, 0.2) is 42.5 Å². The van der Waals surface area contributed by atoms with Gasteiger partial charge >= 0.3 is 0 Å². The zero-order chi connectivity index (χ0) is 13.5. The second kappa shape index (κ2) is 4.49. The highest BCUT2D eigenvalue weighted by molar-refractivity contribution is 5.91. The molecule has 2 unspecified atom stereocenters. The lowest BCUT2D eigenvalue weighted by atomic mass is 9.74. The number of benzene rings is 1. The fraction of sp³-hybridized carbons (Fsp3) is 0.438. The Balaban J connectivity index is 1.87. The Morgan fingerprint density at radius 2 is 2.00 bits per heavy atom. The van der Waals surface area contributed by atoms with Crippen LogP contribution in [0.4, 0.5) is 0 Å². The second-order valence-corrected chi connectivity index (χ2v) is 5.59. The smallest absolute Gasteiger partial charge is 0.247 e. The molecule has 0 aromatic heterocycles. The van der Waals surface area contributed by atoms with E-state index in [4.69, 9.17) is 0 Å². The summed E-state index contributed by atoms with van der Waals surface area (Å²) in [4.78, 5) is 13.9.